The molecule has 3 rings (SSSR count). The Kier molecular flexibility index (Phi) is 6.13. The van der Waals surface area contributed by atoms with E-state index in [4.69, 9.17) is 9.47 Å². The maximum absolute atomic E-state index is 14.0. The maximum Gasteiger partial charge on any atom is 0.416 e. The van der Waals surface area contributed by atoms with Crippen LogP contribution in [0.3, 0.4) is 0 Å². The molecule has 0 radical (unpaired) electrons. The zero-order valence-electron chi connectivity index (χ0n) is 15.5. The molecule has 30 heavy (non-hydrogen) atoms. The third-order valence-electron chi connectivity index (χ3n) is 4.07. The molecule has 0 bridgehead atoms. The van der Waals surface area contributed by atoms with Crippen LogP contribution in [0, 0.1) is 5.82 Å². The lowest BCUT2D eigenvalue weighted by molar-refractivity contribution is -0.137. The lowest BCUT2D eigenvalue weighted by Gasteiger charge is -2.17. The molecular weight excluding hydrogens is 428 g/mol. The van der Waals surface area contributed by atoms with Gasteiger partial charge in [-0.1, -0.05) is 0 Å². The zero-order valence-corrected chi connectivity index (χ0v) is 16.3. The molecule has 0 fully saturated rings. The van der Waals surface area contributed by atoms with Crippen LogP contribution in [0.4, 0.5) is 23.2 Å². The minimum Gasteiger partial charge on any atom is -0.489 e. The minimum absolute atomic E-state index is 0.0139. The highest BCUT2D eigenvalue weighted by Gasteiger charge is 2.32. The summed E-state index contributed by atoms with van der Waals surface area (Å²) in [4.78, 5) is 3.48. The lowest BCUT2D eigenvalue weighted by atomic mass is 10.2. The molecule has 0 saturated heterocycles. The van der Waals surface area contributed by atoms with Crippen molar-refractivity contribution in [2.24, 2.45) is 0 Å². The monoisotopic (exact) mass is 444 g/mol. The standard InChI is InChI=1S/C19H16F4N2O4S/c1-28-9-10-29-16-6-4-12(19(21,22)23)11-15(16)25-30(26,27)17-7-5-14(20)18-13(17)3-2-8-24-18/h2-8,11,25H,9-10H2,1H3. The molecule has 0 unspecified atom stereocenters. The number of nitrogens with one attached hydrogen (secondary N) is 1. The van der Waals surface area contributed by atoms with Gasteiger partial charge in [0, 0.05) is 18.7 Å². The number of sulfonamides is 1. The van der Waals surface area contributed by atoms with Crippen LogP contribution >= 0.6 is 0 Å². The molecule has 2 aromatic carbocycles. The minimum atomic E-state index is -4.70. The third-order valence-corrected chi connectivity index (χ3v) is 5.49. The third kappa shape index (κ3) is 4.62. The number of hydrogen-bond donors (Lipinski definition) is 1. The summed E-state index contributed by atoms with van der Waals surface area (Å²) < 4.78 is 91.5. The van der Waals surface area contributed by atoms with Crippen LogP contribution in [0.5, 0.6) is 5.75 Å². The second-order valence-corrected chi connectivity index (χ2v) is 7.75. The van der Waals surface area contributed by atoms with Crippen LogP contribution in [0.2, 0.25) is 0 Å². The van der Waals surface area contributed by atoms with E-state index in [2.05, 4.69) is 9.71 Å². The largest absolute Gasteiger partial charge is 0.489 e. The van der Waals surface area contributed by atoms with Gasteiger partial charge in [0.1, 0.15) is 23.7 Å². The molecule has 0 spiro atoms. The first-order chi connectivity index (χ1) is 14.1. The Hall–Kier alpha value is -2.92. The van der Waals surface area contributed by atoms with E-state index in [1.165, 1.54) is 25.4 Å². The van der Waals surface area contributed by atoms with Crippen LogP contribution in [0.25, 0.3) is 10.9 Å². The summed E-state index contributed by atoms with van der Waals surface area (Å²) >= 11 is 0. The quantitative estimate of drug-likeness (QED) is 0.436. The predicted molar refractivity (Wildman–Crippen MR) is 101 cm³/mol. The Morgan fingerprint density at radius 1 is 1.10 bits per heavy atom. The second-order valence-electron chi connectivity index (χ2n) is 6.10. The highest BCUT2D eigenvalue weighted by molar-refractivity contribution is 7.93. The summed E-state index contributed by atoms with van der Waals surface area (Å²) in [6, 6.07) is 7.13. The smallest absolute Gasteiger partial charge is 0.416 e. The van der Waals surface area contributed by atoms with Crippen molar-refractivity contribution in [2.75, 3.05) is 25.0 Å². The highest BCUT2D eigenvalue weighted by atomic mass is 32.2. The van der Waals surface area contributed by atoms with Gasteiger partial charge < -0.3 is 9.47 Å². The number of ether oxygens (including phenoxy) is 2. The van der Waals surface area contributed by atoms with Crippen LogP contribution in [-0.2, 0) is 20.9 Å². The zero-order chi connectivity index (χ0) is 21.9. The summed E-state index contributed by atoms with van der Waals surface area (Å²) in [5.41, 5.74) is -1.66. The highest BCUT2D eigenvalue weighted by Crippen LogP contribution is 2.36. The molecule has 1 N–H and O–H groups in total. The molecule has 6 nitrogen and oxygen atoms in total. The van der Waals surface area contributed by atoms with Gasteiger partial charge in [0.2, 0.25) is 0 Å². The van der Waals surface area contributed by atoms with Crippen molar-refractivity contribution in [3.8, 4) is 5.75 Å². The Labute approximate surface area is 169 Å². The molecule has 0 amide bonds. The number of pyridine rings is 1. The Bertz CT molecular complexity index is 1170. The van der Waals surface area contributed by atoms with Crippen LogP contribution < -0.4 is 9.46 Å². The van der Waals surface area contributed by atoms with Crippen molar-refractivity contribution < 1.29 is 35.5 Å². The van der Waals surface area contributed by atoms with Gasteiger partial charge in [-0.05, 0) is 42.5 Å². The van der Waals surface area contributed by atoms with Gasteiger partial charge in [0.25, 0.3) is 10.0 Å². The van der Waals surface area contributed by atoms with Gasteiger partial charge >= 0.3 is 6.18 Å². The number of aromatic nitrogens is 1. The van der Waals surface area contributed by atoms with Crippen LogP contribution in [-0.4, -0.2) is 33.7 Å². The van der Waals surface area contributed by atoms with Crippen LogP contribution in [0.1, 0.15) is 5.56 Å². The summed E-state index contributed by atoms with van der Waals surface area (Å²) in [6.45, 7) is 0.126. The van der Waals surface area contributed by atoms with E-state index in [0.717, 1.165) is 24.3 Å². The SMILES string of the molecule is COCCOc1ccc(C(F)(F)F)cc1NS(=O)(=O)c1ccc(F)c2ncccc12. The number of benzene rings is 2. The maximum atomic E-state index is 14.0. The fourth-order valence-electron chi connectivity index (χ4n) is 2.69. The molecule has 1 aromatic heterocycles. The normalized spacial score (nSPS) is 12.2. The Morgan fingerprint density at radius 3 is 2.57 bits per heavy atom. The van der Waals surface area contributed by atoms with Gasteiger partial charge in [0.05, 0.1) is 22.8 Å². The van der Waals surface area contributed by atoms with Gasteiger partial charge in [0.15, 0.2) is 0 Å². The number of nitrogens with zero attached hydrogens (tertiary/aromatic N) is 1. The summed E-state index contributed by atoms with van der Waals surface area (Å²) in [5, 5.41) is -0.0150. The fourth-order valence-corrected chi connectivity index (χ4v) is 3.95. The number of halogens is 4. The van der Waals surface area contributed by atoms with E-state index >= 15 is 0 Å². The predicted octanol–water partition coefficient (Wildman–Crippen LogP) is 4.22. The number of anilines is 1. The number of methoxy groups -OCH3 is 1. The molecule has 0 saturated carbocycles. The van der Waals surface area contributed by atoms with Gasteiger partial charge in [-0.2, -0.15) is 13.2 Å². The van der Waals surface area contributed by atoms with Gasteiger partial charge in [-0.15, -0.1) is 0 Å². The molecule has 11 heteroatoms. The second kappa shape index (κ2) is 8.44. The Morgan fingerprint density at radius 2 is 1.87 bits per heavy atom. The van der Waals surface area contributed by atoms with Crippen molar-refractivity contribution in [1.82, 2.24) is 4.98 Å². The van der Waals surface area contributed by atoms with Gasteiger partial charge in [-0.3, -0.25) is 9.71 Å². The van der Waals surface area contributed by atoms with E-state index in [1.54, 1.807) is 0 Å². The molecular formula is C19H16F4N2O4S. The molecule has 0 aliphatic rings. The summed E-state index contributed by atoms with van der Waals surface area (Å²) in [6.07, 6.45) is -3.40. The molecule has 1 heterocycles. The molecule has 3 aromatic rings. The van der Waals surface area contributed by atoms with E-state index in [-0.39, 0.29) is 34.8 Å². The van der Waals surface area contributed by atoms with E-state index in [0.29, 0.717) is 6.07 Å². The molecule has 0 aliphatic carbocycles. The van der Waals surface area contributed by atoms with E-state index < -0.39 is 33.3 Å². The van der Waals surface area contributed by atoms with E-state index in [1.807, 2.05) is 0 Å². The van der Waals surface area contributed by atoms with E-state index in [9.17, 15) is 26.0 Å². The fraction of sp³-hybridized carbons (Fsp3) is 0.211. The lowest BCUT2D eigenvalue weighted by Crippen LogP contribution is -2.16. The first-order valence-electron chi connectivity index (χ1n) is 8.52. The summed E-state index contributed by atoms with van der Waals surface area (Å²) in [5.74, 6) is -0.847. The average molecular weight is 444 g/mol. The van der Waals surface area contributed by atoms with Gasteiger partial charge in [-0.25, -0.2) is 12.8 Å². The topological polar surface area (TPSA) is 77.5 Å². The number of rotatable bonds is 7. The number of alkyl halides is 3. The van der Waals surface area contributed by atoms with Crippen molar-refractivity contribution in [1.29, 1.82) is 0 Å². The number of hydrogen-bond acceptors (Lipinski definition) is 5. The molecule has 0 aliphatic heterocycles. The number of fused-ring (bicyclic) bond motifs is 1. The van der Waals surface area contributed by atoms with Crippen molar-refractivity contribution in [3.63, 3.8) is 0 Å². The van der Waals surface area contributed by atoms with Crippen molar-refractivity contribution >= 4 is 26.6 Å². The summed E-state index contributed by atoms with van der Waals surface area (Å²) in [7, 11) is -3.00. The molecule has 160 valence electrons. The average Bonchev–Trinajstić information content (AvgIpc) is 2.68. The Balaban J connectivity index is 2.06. The van der Waals surface area contributed by atoms with Crippen molar-refractivity contribution in [2.45, 2.75) is 11.1 Å². The first-order valence-corrected chi connectivity index (χ1v) is 10.0. The van der Waals surface area contributed by atoms with Crippen molar-refractivity contribution in [3.05, 3.63) is 60.0 Å². The first kappa shape index (κ1) is 21.8. The molecule has 0 atom stereocenters. The van der Waals surface area contributed by atoms with Crippen LogP contribution in [0.15, 0.2) is 53.6 Å².